The topological polar surface area (TPSA) is 90.1 Å². The van der Waals surface area contributed by atoms with E-state index in [9.17, 15) is 4.79 Å². The van der Waals surface area contributed by atoms with E-state index in [4.69, 9.17) is 4.74 Å². The van der Waals surface area contributed by atoms with E-state index in [0.29, 0.717) is 12.6 Å². The van der Waals surface area contributed by atoms with Crippen LogP contribution < -0.4 is 15.2 Å². The molecule has 2 aromatic heterocycles. The van der Waals surface area contributed by atoms with Crippen LogP contribution in [-0.4, -0.2) is 32.3 Å². The van der Waals surface area contributed by atoms with Crippen molar-refractivity contribution in [1.82, 2.24) is 25.2 Å². The zero-order valence-electron chi connectivity index (χ0n) is 22.0. The maximum absolute atomic E-state index is 13.2. The van der Waals surface area contributed by atoms with E-state index in [-0.39, 0.29) is 11.6 Å². The number of ether oxygens (including phenoxy) is 1. The minimum Gasteiger partial charge on any atom is -0.497 e. The quantitative estimate of drug-likeness (QED) is 0.361. The monoisotopic (exact) mass is 501 g/mol. The Hall–Kier alpha value is -3.52. The largest absolute Gasteiger partial charge is 0.497 e. The highest BCUT2D eigenvalue weighted by atomic mass is 16.5. The van der Waals surface area contributed by atoms with Crippen LogP contribution in [0.2, 0.25) is 0 Å². The van der Waals surface area contributed by atoms with E-state index in [2.05, 4.69) is 56.4 Å². The van der Waals surface area contributed by atoms with Crippen LogP contribution in [0.4, 0.5) is 0 Å². The fourth-order valence-corrected chi connectivity index (χ4v) is 5.72. The van der Waals surface area contributed by atoms with E-state index >= 15 is 0 Å². The fourth-order valence-electron chi connectivity index (χ4n) is 5.72. The SMILES string of the molecule is CCC(c1nnnn1C1CCCCC1)[NH+](Cc1ccc(OC)cc1)Cc1cc2ccc(C)cc2[nH]c1=O. The first-order valence-corrected chi connectivity index (χ1v) is 13.4. The number of hydrogen-bond donors (Lipinski definition) is 2. The molecular weight excluding hydrogens is 464 g/mol. The normalized spacial score (nSPS) is 16.1. The number of fused-ring (bicyclic) bond motifs is 1. The van der Waals surface area contributed by atoms with Crippen LogP contribution in [0.3, 0.4) is 0 Å². The highest BCUT2D eigenvalue weighted by Crippen LogP contribution is 2.29. The number of nitrogens with one attached hydrogen (secondary N) is 2. The number of aromatic nitrogens is 5. The lowest BCUT2D eigenvalue weighted by Crippen LogP contribution is -3.10. The lowest BCUT2D eigenvalue weighted by Gasteiger charge is -2.29. The molecule has 194 valence electrons. The lowest BCUT2D eigenvalue weighted by atomic mass is 9.95. The summed E-state index contributed by atoms with van der Waals surface area (Å²) in [6.07, 6.45) is 6.82. The molecule has 0 amide bonds. The molecule has 0 aliphatic heterocycles. The third kappa shape index (κ3) is 5.59. The van der Waals surface area contributed by atoms with Crippen LogP contribution in [0.5, 0.6) is 5.75 Å². The Morgan fingerprint density at radius 3 is 2.59 bits per heavy atom. The molecule has 2 unspecified atom stereocenters. The molecule has 2 aromatic carbocycles. The standard InChI is InChI=1S/C29H36N6O2/c1-4-27(28-31-32-33-35(28)24-8-6-5-7-9-24)34(18-21-11-14-25(37-3)15-12-21)19-23-17-22-13-10-20(2)16-26(22)30-29(23)36/h10-17,24,27H,4-9,18-19H2,1-3H3,(H,30,36)/p+1. The molecule has 5 rings (SSSR count). The summed E-state index contributed by atoms with van der Waals surface area (Å²) in [6.45, 7) is 5.54. The third-order valence-electron chi connectivity index (χ3n) is 7.74. The highest BCUT2D eigenvalue weighted by molar-refractivity contribution is 5.79. The van der Waals surface area contributed by atoms with Gasteiger partial charge in [0.05, 0.1) is 18.7 Å². The summed E-state index contributed by atoms with van der Waals surface area (Å²) in [5.41, 5.74) is 3.92. The molecule has 0 radical (unpaired) electrons. The number of quaternary nitrogens is 1. The van der Waals surface area contributed by atoms with Crippen molar-refractivity contribution in [3.63, 3.8) is 0 Å². The number of pyridine rings is 1. The van der Waals surface area contributed by atoms with Crippen molar-refractivity contribution in [1.29, 1.82) is 0 Å². The molecule has 2 N–H and O–H groups in total. The van der Waals surface area contributed by atoms with Gasteiger partial charge in [-0.2, -0.15) is 0 Å². The Labute approximate surface area is 217 Å². The summed E-state index contributed by atoms with van der Waals surface area (Å²) in [6, 6.07) is 16.8. The van der Waals surface area contributed by atoms with Gasteiger partial charge in [0.15, 0.2) is 0 Å². The zero-order chi connectivity index (χ0) is 25.8. The van der Waals surface area contributed by atoms with Crippen LogP contribution in [0.15, 0.2) is 53.3 Å². The summed E-state index contributed by atoms with van der Waals surface area (Å²) in [7, 11) is 1.68. The van der Waals surface area contributed by atoms with Gasteiger partial charge in [0.1, 0.15) is 24.9 Å². The van der Waals surface area contributed by atoms with Gasteiger partial charge in [0, 0.05) is 17.5 Å². The van der Waals surface area contributed by atoms with E-state index in [0.717, 1.165) is 59.4 Å². The van der Waals surface area contributed by atoms with Gasteiger partial charge in [-0.1, -0.05) is 38.3 Å². The number of methoxy groups -OCH3 is 1. The Morgan fingerprint density at radius 2 is 1.86 bits per heavy atom. The van der Waals surface area contributed by atoms with Gasteiger partial charge < -0.3 is 14.6 Å². The first-order valence-electron chi connectivity index (χ1n) is 13.4. The van der Waals surface area contributed by atoms with Crippen LogP contribution in [-0.2, 0) is 13.1 Å². The third-order valence-corrected chi connectivity index (χ3v) is 7.74. The van der Waals surface area contributed by atoms with Crippen LogP contribution in [0.25, 0.3) is 10.9 Å². The molecule has 0 spiro atoms. The van der Waals surface area contributed by atoms with Gasteiger partial charge in [0.25, 0.3) is 5.56 Å². The molecule has 37 heavy (non-hydrogen) atoms. The maximum atomic E-state index is 13.2. The van der Waals surface area contributed by atoms with Crippen molar-refractivity contribution in [3.05, 3.63) is 81.4 Å². The van der Waals surface area contributed by atoms with Gasteiger partial charge in [-0.05, 0) is 77.5 Å². The Bertz CT molecular complexity index is 1390. The van der Waals surface area contributed by atoms with Crippen molar-refractivity contribution < 1.29 is 9.64 Å². The van der Waals surface area contributed by atoms with E-state index < -0.39 is 0 Å². The molecule has 4 aromatic rings. The van der Waals surface area contributed by atoms with Crippen molar-refractivity contribution in [2.45, 2.75) is 77.5 Å². The summed E-state index contributed by atoms with van der Waals surface area (Å²) >= 11 is 0. The zero-order valence-corrected chi connectivity index (χ0v) is 22.0. The van der Waals surface area contributed by atoms with Crippen LogP contribution in [0, 0.1) is 6.92 Å². The predicted octanol–water partition coefficient (Wildman–Crippen LogP) is 4.07. The van der Waals surface area contributed by atoms with Crippen LogP contribution >= 0.6 is 0 Å². The van der Waals surface area contributed by atoms with Crippen molar-refractivity contribution >= 4 is 10.9 Å². The van der Waals surface area contributed by atoms with Gasteiger partial charge in [-0.3, -0.25) is 4.79 Å². The van der Waals surface area contributed by atoms with E-state index in [1.54, 1.807) is 7.11 Å². The first kappa shape index (κ1) is 25.1. The minimum absolute atomic E-state index is 0.0351. The van der Waals surface area contributed by atoms with Gasteiger partial charge in [0.2, 0.25) is 5.82 Å². The molecule has 0 saturated heterocycles. The van der Waals surface area contributed by atoms with Gasteiger partial charge >= 0.3 is 0 Å². The smallest absolute Gasteiger partial charge is 0.257 e. The number of nitrogens with zero attached hydrogens (tertiary/aromatic N) is 4. The summed E-state index contributed by atoms with van der Waals surface area (Å²) in [5.74, 6) is 1.76. The minimum atomic E-state index is -0.0351. The second kappa shape index (κ2) is 11.3. The van der Waals surface area contributed by atoms with Crippen LogP contribution in [0.1, 0.15) is 80.0 Å². The van der Waals surface area contributed by atoms with Crippen molar-refractivity contribution in [2.75, 3.05) is 7.11 Å². The molecule has 8 nitrogen and oxygen atoms in total. The van der Waals surface area contributed by atoms with Gasteiger partial charge in [-0.25, -0.2) is 4.68 Å². The highest BCUT2D eigenvalue weighted by Gasteiger charge is 2.32. The molecular formula is C29H37N6O2+. The average molecular weight is 502 g/mol. The fraction of sp³-hybridized carbons (Fsp3) is 0.448. The first-order chi connectivity index (χ1) is 18.1. The Balaban J connectivity index is 1.51. The number of aryl methyl sites for hydroxylation is 1. The summed E-state index contributed by atoms with van der Waals surface area (Å²) in [5, 5.41) is 14.2. The average Bonchev–Trinajstić information content (AvgIpc) is 3.40. The molecule has 8 heteroatoms. The molecule has 2 heterocycles. The number of H-pyrrole nitrogens is 1. The molecule has 1 aliphatic rings. The Morgan fingerprint density at radius 1 is 1.08 bits per heavy atom. The molecule has 0 bridgehead atoms. The number of rotatable bonds is 9. The number of benzene rings is 2. The van der Waals surface area contributed by atoms with Crippen molar-refractivity contribution in [3.8, 4) is 5.75 Å². The summed E-state index contributed by atoms with van der Waals surface area (Å²) < 4.78 is 7.44. The van der Waals surface area contributed by atoms with Gasteiger partial charge in [-0.15, -0.1) is 5.10 Å². The predicted molar refractivity (Wildman–Crippen MR) is 144 cm³/mol. The molecule has 1 aliphatic carbocycles. The summed E-state index contributed by atoms with van der Waals surface area (Å²) in [4.78, 5) is 17.6. The lowest BCUT2D eigenvalue weighted by molar-refractivity contribution is -0.959. The number of tetrazole rings is 1. The van der Waals surface area contributed by atoms with Crippen molar-refractivity contribution in [2.24, 2.45) is 0 Å². The molecule has 2 atom stereocenters. The number of hydrogen-bond acceptors (Lipinski definition) is 5. The Kier molecular flexibility index (Phi) is 7.65. The number of aromatic amines is 1. The molecule has 1 saturated carbocycles. The van der Waals surface area contributed by atoms with E-state index in [1.165, 1.54) is 29.7 Å². The maximum Gasteiger partial charge on any atom is 0.257 e. The van der Waals surface area contributed by atoms with E-state index in [1.807, 2.05) is 31.2 Å². The second-order valence-corrected chi connectivity index (χ2v) is 10.3. The second-order valence-electron chi connectivity index (χ2n) is 10.3. The molecule has 1 fully saturated rings.